The van der Waals surface area contributed by atoms with Gasteiger partial charge in [0.25, 0.3) is 0 Å². The SMILES string of the molecule is CC(C)(C)OC1C=CC=CC1=N. The fraction of sp³-hybridized carbons (Fsp3) is 0.500. The van der Waals surface area contributed by atoms with Crippen molar-refractivity contribution in [3.63, 3.8) is 0 Å². The van der Waals surface area contributed by atoms with Crippen molar-refractivity contribution in [2.45, 2.75) is 32.5 Å². The Kier molecular flexibility index (Phi) is 2.48. The van der Waals surface area contributed by atoms with Gasteiger partial charge in [-0.1, -0.05) is 12.2 Å². The van der Waals surface area contributed by atoms with Crippen LogP contribution in [0.2, 0.25) is 0 Å². The van der Waals surface area contributed by atoms with Crippen LogP contribution in [-0.4, -0.2) is 17.4 Å². The van der Waals surface area contributed by atoms with Gasteiger partial charge in [-0.05, 0) is 32.9 Å². The third kappa shape index (κ3) is 2.62. The summed E-state index contributed by atoms with van der Waals surface area (Å²) in [6.07, 6.45) is 7.25. The molecule has 0 aromatic heterocycles. The van der Waals surface area contributed by atoms with Gasteiger partial charge in [-0.3, -0.25) is 0 Å². The summed E-state index contributed by atoms with van der Waals surface area (Å²) in [7, 11) is 0. The molecule has 1 N–H and O–H groups in total. The predicted molar refractivity (Wildman–Crippen MR) is 50.6 cm³/mol. The van der Waals surface area contributed by atoms with Gasteiger partial charge in [0.05, 0.1) is 11.3 Å². The monoisotopic (exact) mass is 165 g/mol. The maximum Gasteiger partial charge on any atom is 0.118 e. The van der Waals surface area contributed by atoms with E-state index in [4.69, 9.17) is 10.1 Å². The summed E-state index contributed by atoms with van der Waals surface area (Å²) in [5, 5.41) is 7.56. The molecule has 0 saturated carbocycles. The van der Waals surface area contributed by atoms with Gasteiger partial charge in [-0.25, -0.2) is 0 Å². The van der Waals surface area contributed by atoms with E-state index >= 15 is 0 Å². The number of ether oxygens (including phenoxy) is 1. The molecule has 0 bridgehead atoms. The molecule has 2 nitrogen and oxygen atoms in total. The van der Waals surface area contributed by atoms with E-state index in [1.165, 1.54) is 0 Å². The van der Waals surface area contributed by atoms with Crippen molar-refractivity contribution in [1.82, 2.24) is 0 Å². The lowest BCUT2D eigenvalue weighted by atomic mass is 10.1. The molecule has 0 fully saturated rings. The number of nitrogens with one attached hydrogen (secondary N) is 1. The first kappa shape index (κ1) is 9.20. The Balaban J connectivity index is 2.59. The Morgan fingerprint density at radius 3 is 2.50 bits per heavy atom. The van der Waals surface area contributed by atoms with Gasteiger partial charge in [0.2, 0.25) is 0 Å². The molecule has 12 heavy (non-hydrogen) atoms. The van der Waals surface area contributed by atoms with E-state index in [1.54, 1.807) is 6.08 Å². The van der Waals surface area contributed by atoms with Crippen LogP contribution in [0, 0.1) is 5.41 Å². The first-order valence-electron chi connectivity index (χ1n) is 4.10. The Labute approximate surface area is 73.4 Å². The maximum absolute atomic E-state index is 7.56. The van der Waals surface area contributed by atoms with Crippen LogP contribution in [0.15, 0.2) is 24.3 Å². The van der Waals surface area contributed by atoms with Gasteiger partial charge in [-0.15, -0.1) is 0 Å². The van der Waals surface area contributed by atoms with Crippen molar-refractivity contribution in [3.8, 4) is 0 Å². The Bertz CT molecular complexity index is 233. The van der Waals surface area contributed by atoms with Crippen LogP contribution in [0.1, 0.15) is 20.8 Å². The highest BCUT2D eigenvalue weighted by Crippen LogP contribution is 2.14. The number of hydrogen-bond acceptors (Lipinski definition) is 2. The van der Waals surface area contributed by atoms with Gasteiger partial charge in [0.1, 0.15) is 6.10 Å². The molecule has 2 heteroatoms. The molecule has 0 aromatic carbocycles. The fourth-order valence-corrected chi connectivity index (χ4v) is 1.01. The van der Waals surface area contributed by atoms with Crippen molar-refractivity contribution < 1.29 is 4.74 Å². The second-order valence-corrected chi connectivity index (χ2v) is 3.85. The van der Waals surface area contributed by atoms with Crippen molar-refractivity contribution in [2.75, 3.05) is 0 Å². The standard InChI is InChI=1S/C10H15NO/c1-10(2,3)12-9-7-5-4-6-8(9)11/h4-7,9,11H,1-3H3. The summed E-state index contributed by atoms with van der Waals surface area (Å²) < 4.78 is 5.63. The topological polar surface area (TPSA) is 33.1 Å². The van der Waals surface area contributed by atoms with Gasteiger partial charge < -0.3 is 10.1 Å². The zero-order valence-corrected chi connectivity index (χ0v) is 7.79. The summed E-state index contributed by atoms with van der Waals surface area (Å²) in [5.74, 6) is 0. The lowest BCUT2D eigenvalue weighted by Crippen LogP contribution is -2.31. The Morgan fingerprint density at radius 1 is 1.33 bits per heavy atom. The van der Waals surface area contributed by atoms with Crippen LogP contribution in [0.25, 0.3) is 0 Å². The van der Waals surface area contributed by atoms with Crippen LogP contribution < -0.4 is 0 Å². The van der Waals surface area contributed by atoms with Crippen LogP contribution in [0.4, 0.5) is 0 Å². The zero-order chi connectivity index (χ0) is 9.19. The van der Waals surface area contributed by atoms with Crippen molar-refractivity contribution in [2.24, 2.45) is 0 Å². The van der Waals surface area contributed by atoms with E-state index in [0.29, 0.717) is 5.71 Å². The summed E-state index contributed by atoms with van der Waals surface area (Å²) in [6.45, 7) is 5.98. The Hall–Kier alpha value is -0.890. The van der Waals surface area contributed by atoms with E-state index in [0.717, 1.165) is 0 Å². The Morgan fingerprint density at radius 2 is 2.00 bits per heavy atom. The average molecular weight is 165 g/mol. The van der Waals surface area contributed by atoms with E-state index < -0.39 is 0 Å². The largest absolute Gasteiger partial charge is 0.362 e. The van der Waals surface area contributed by atoms with Gasteiger partial charge in [0.15, 0.2) is 0 Å². The van der Waals surface area contributed by atoms with Crippen LogP contribution in [-0.2, 0) is 4.74 Å². The lowest BCUT2D eigenvalue weighted by Gasteiger charge is -2.26. The molecule has 1 unspecified atom stereocenters. The molecule has 0 heterocycles. The van der Waals surface area contributed by atoms with Crippen LogP contribution in [0.5, 0.6) is 0 Å². The molecule has 1 rings (SSSR count). The van der Waals surface area contributed by atoms with E-state index in [2.05, 4.69) is 0 Å². The summed E-state index contributed by atoms with van der Waals surface area (Å²) >= 11 is 0. The highest BCUT2D eigenvalue weighted by atomic mass is 16.5. The van der Waals surface area contributed by atoms with Crippen LogP contribution >= 0.6 is 0 Å². The molecule has 0 aliphatic heterocycles. The quantitative estimate of drug-likeness (QED) is 0.635. The third-order valence-electron chi connectivity index (χ3n) is 1.46. The minimum Gasteiger partial charge on any atom is -0.362 e. The summed E-state index contributed by atoms with van der Waals surface area (Å²) in [6, 6.07) is 0. The molecule has 0 radical (unpaired) electrons. The normalized spacial score (nSPS) is 23.2. The fourth-order valence-electron chi connectivity index (χ4n) is 1.01. The predicted octanol–water partition coefficient (Wildman–Crippen LogP) is 2.32. The second-order valence-electron chi connectivity index (χ2n) is 3.85. The van der Waals surface area contributed by atoms with Crippen LogP contribution in [0.3, 0.4) is 0 Å². The summed E-state index contributed by atoms with van der Waals surface area (Å²) in [5.41, 5.74) is 0.333. The molecule has 0 amide bonds. The molecular formula is C10H15NO. The van der Waals surface area contributed by atoms with Crippen molar-refractivity contribution in [3.05, 3.63) is 24.3 Å². The number of hydrogen-bond donors (Lipinski definition) is 1. The number of rotatable bonds is 1. The van der Waals surface area contributed by atoms with E-state index in [1.807, 2.05) is 39.0 Å². The van der Waals surface area contributed by atoms with Gasteiger partial charge in [0, 0.05) is 0 Å². The van der Waals surface area contributed by atoms with Crippen molar-refractivity contribution in [1.29, 1.82) is 5.41 Å². The molecule has 0 spiro atoms. The molecule has 66 valence electrons. The first-order chi connectivity index (χ1) is 5.49. The first-order valence-corrected chi connectivity index (χ1v) is 4.10. The molecule has 0 saturated heterocycles. The minimum atomic E-state index is -0.188. The highest BCUT2D eigenvalue weighted by Gasteiger charge is 2.19. The molecule has 1 aliphatic carbocycles. The molecule has 0 aromatic rings. The maximum atomic E-state index is 7.56. The van der Waals surface area contributed by atoms with Gasteiger partial charge >= 0.3 is 0 Å². The van der Waals surface area contributed by atoms with E-state index in [-0.39, 0.29) is 11.7 Å². The molecule has 1 atom stereocenters. The highest BCUT2D eigenvalue weighted by molar-refractivity contribution is 5.98. The smallest absolute Gasteiger partial charge is 0.118 e. The van der Waals surface area contributed by atoms with Gasteiger partial charge in [-0.2, -0.15) is 0 Å². The van der Waals surface area contributed by atoms with Crippen molar-refractivity contribution >= 4 is 5.71 Å². The number of allylic oxidation sites excluding steroid dienone is 2. The third-order valence-corrected chi connectivity index (χ3v) is 1.46. The summed E-state index contributed by atoms with van der Waals surface area (Å²) in [4.78, 5) is 0. The second kappa shape index (κ2) is 3.23. The average Bonchev–Trinajstić information content (AvgIpc) is 1.91. The zero-order valence-electron chi connectivity index (χ0n) is 7.79. The minimum absolute atomic E-state index is 0.171. The lowest BCUT2D eigenvalue weighted by molar-refractivity contribution is -0.0101. The van der Waals surface area contributed by atoms with E-state index in [9.17, 15) is 0 Å². The molecular weight excluding hydrogens is 150 g/mol. The molecule has 1 aliphatic rings.